The van der Waals surface area contributed by atoms with E-state index >= 15 is 0 Å². The number of aliphatic carboxylic acids is 1. The van der Waals surface area contributed by atoms with Gasteiger partial charge in [0.15, 0.2) is 0 Å². The van der Waals surface area contributed by atoms with Crippen molar-refractivity contribution in [3.63, 3.8) is 0 Å². The Kier molecular flexibility index (Phi) is 11.4. The van der Waals surface area contributed by atoms with E-state index in [2.05, 4.69) is 10.1 Å². The molecule has 0 fully saturated rings. The van der Waals surface area contributed by atoms with Crippen LogP contribution in [-0.4, -0.2) is 41.4 Å². The molecule has 0 aromatic rings. The van der Waals surface area contributed by atoms with Gasteiger partial charge in [0, 0.05) is 6.92 Å². The highest BCUT2D eigenvalue weighted by atomic mass is 16.6. The predicted octanol–water partition coefficient (Wildman–Crippen LogP) is 1.94. The van der Waals surface area contributed by atoms with E-state index < -0.39 is 30.2 Å². The van der Waals surface area contributed by atoms with E-state index in [1.54, 1.807) is 20.8 Å². The number of esters is 1. The van der Waals surface area contributed by atoms with Gasteiger partial charge in [0.05, 0.1) is 12.1 Å². The summed E-state index contributed by atoms with van der Waals surface area (Å²) >= 11 is 0. The normalized spacial score (nSPS) is 12.6. The minimum absolute atomic E-state index is 0.289. The molecule has 0 aliphatic rings. The summed E-state index contributed by atoms with van der Waals surface area (Å²) in [6.07, 6.45) is -2.20. The number of nitrogens with one attached hydrogen (secondary N) is 1. The summed E-state index contributed by atoms with van der Waals surface area (Å²) in [5, 5.41) is 11.3. The number of hydrogen-bond donors (Lipinski definition) is 2. The largest absolute Gasteiger partial charge is 0.478 e. The fraction of sp³-hybridized carbons (Fsp3) is 0.769. The smallest absolute Gasteiger partial charge is 0.407 e. The average Bonchev–Trinajstić information content (AvgIpc) is 2.34. The summed E-state index contributed by atoms with van der Waals surface area (Å²) in [7, 11) is 0. The zero-order valence-electron chi connectivity index (χ0n) is 12.9. The molecule has 20 heavy (non-hydrogen) atoms. The van der Waals surface area contributed by atoms with E-state index in [-0.39, 0.29) is 12.5 Å². The molecule has 7 nitrogen and oxygen atoms in total. The minimum Gasteiger partial charge on any atom is -0.478 e. The fourth-order valence-corrected chi connectivity index (χ4v) is 1.27. The van der Waals surface area contributed by atoms with Gasteiger partial charge >= 0.3 is 18.0 Å². The van der Waals surface area contributed by atoms with Crippen LogP contribution in [-0.2, 0) is 19.1 Å². The zero-order valence-corrected chi connectivity index (χ0v) is 12.9. The second-order valence-electron chi connectivity index (χ2n) is 3.98. The standard InChI is InChI=1S/C11H19NO6.C2H6/c1-5-8(12-11(16)17-6(2)3)9(10(14)15)18-7(4)13;1-2/h6,8-9H,5H2,1-4H3,(H,12,16)(H,14,15);1-2H3/t8-,9?;/m0./s1. The molecule has 0 aliphatic carbocycles. The first-order valence-electron chi connectivity index (χ1n) is 6.65. The van der Waals surface area contributed by atoms with E-state index in [0.717, 1.165) is 6.92 Å². The molecule has 0 rings (SSSR count). The second-order valence-corrected chi connectivity index (χ2v) is 3.98. The first-order valence-corrected chi connectivity index (χ1v) is 6.65. The summed E-state index contributed by atoms with van der Waals surface area (Å²) in [6.45, 7) is 10.1. The van der Waals surface area contributed by atoms with Gasteiger partial charge in [-0.3, -0.25) is 4.79 Å². The van der Waals surface area contributed by atoms with Gasteiger partial charge in [0.2, 0.25) is 6.10 Å². The molecule has 1 amide bonds. The number of alkyl carbamates (subject to hydrolysis) is 1. The number of carboxylic acids is 1. The Hall–Kier alpha value is -1.79. The molecule has 0 bridgehead atoms. The fourth-order valence-electron chi connectivity index (χ4n) is 1.27. The lowest BCUT2D eigenvalue weighted by Gasteiger charge is -2.23. The van der Waals surface area contributed by atoms with E-state index in [1.165, 1.54) is 0 Å². The van der Waals surface area contributed by atoms with Crippen molar-refractivity contribution in [2.75, 3.05) is 0 Å². The number of carbonyl (C=O) groups is 3. The van der Waals surface area contributed by atoms with E-state index in [0.29, 0.717) is 0 Å². The average molecular weight is 291 g/mol. The summed E-state index contributed by atoms with van der Waals surface area (Å²) in [4.78, 5) is 33.2. The van der Waals surface area contributed by atoms with Crippen LogP contribution in [0.15, 0.2) is 0 Å². The van der Waals surface area contributed by atoms with Crippen LogP contribution in [0.1, 0.15) is 48.0 Å². The molecule has 7 heteroatoms. The molecule has 2 N–H and O–H groups in total. The Labute approximate surface area is 119 Å². The number of carbonyl (C=O) groups excluding carboxylic acids is 2. The topological polar surface area (TPSA) is 102 Å². The van der Waals surface area contributed by atoms with E-state index in [4.69, 9.17) is 9.84 Å². The molecule has 118 valence electrons. The molecule has 1 unspecified atom stereocenters. The van der Waals surface area contributed by atoms with Crippen LogP contribution in [0, 0.1) is 0 Å². The highest BCUT2D eigenvalue weighted by Gasteiger charge is 2.31. The van der Waals surface area contributed by atoms with Crippen LogP contribution in [0.2, 0.25) is 0 Å². The van der Waals surface area contributed by atoms with Crippen molar-refractivity contribution in [1.29, 1.82) is 0 Å². The number of hydrogen-bond acceptors (Lipinski definition) is 5. The first-order chi connectivity index (χ1) is 9.27. The molecule has 0 heterocycles. The van der Waals surface area contributed by atoms with Gasteiger partial charge in [-0.2, -0.15) is 0 Å². The predicted molar refractivity (Wildman–Crippen MR) is 73.4 cm³/mol. The second kappa shape index (κ2) is 11.1. The minimum atomic E-state index is -1.42. The lowest BCUT2D eigenvalue weighted by molar-refractivity contribution is -0.164. The van der Waals surface area contributed by atoms with Crippen molar-refractivity contribution >= 4 is 18.0 Å². The monoisotopic (exact) mass is 291 g/mol. The highest BCUT2D eigenvalue weighted by molar-refractivity contribution is 5.79. The Morgan fingerprint density at radius 3 is 1.95 bits per heavy atom. The zero-order chi connectivity index (χ0) is 16.3. The van der Waals surface area contributed by atoms with Gasteiger partial charge in [-0.15, -0.1) is 0 Å². The quantitative estimate of drug-likeness (QED) is 0.725. The third-order valence-corrected chi connectivity index (χ3v) is 1.99. The van der Waals surface area contributed by atoms with E-state index in [1.807, 2.05) is 13.8 Å². The summed E-state index contributed by atoms with van der Waals surface area (Å²) in [5.41, 5.74) is 0. The van der Waals surface area contributed by atoms with Gasteiger partial charge in [0.1, 0.15) is 0 Å². The summed E-state index contributed by atoms with van der Waals surface area (Å²) in [6, 6.07) is -0.836. The SMILES string of the molecule is CC.CC[C@H](NC(=O)OC(C)C)C(OC(C)=O)C(=O)O. The maximum atomic E-state index is 11.4. The van der Waals surface area contributed by atoms with Gasteiger partial charge in [0.25, 0.3) is 0 Å². The lowest BCUT2D eigenvalue weighted by Crippen LogP contribution is -2.49. The van der Waals surface area contributed by atoms with Crippen molar-refractivity contribution in [1.82, 2.24) is 5.32 Å². The third-order valence-electron chi connectivity index (χ3n) is 1.99. The van der Waals surface area contributed by atoms with Crippen LogP contribution < -0.4 is 5.32 Å². The maximum Gasteiger partial charge on any atom is 0.407 e. The number of rotatable bonds is 6. The van der Waals surface area contributed by atoms with Crippen molar-refractivity contribution in [3.8, 4) is 0 Å². The number of amides is 1. The van der Waals surface area contributed by atoms with Crippen molar-refractivity contribution in [2.24, 2.45) is 0 Å². The number of ether oxygens (including phenoxy) is 2. The molecule has 0 radical (unpaired) electrons. The third kappa shape index (κ3) is 9.18. The van der Waals surface area contributed by atoms with Gasteiger partial charge in [-0.25, -0.2) is 9.59 Å². The molecule has 0 spiro atoms. The van der Waals surface area contributed by atoms with Gasteiger partial charge < -0.3 is 19.9 Å². The molecule has 2 atom stereocenters. The van der Waals surface area contributed by atoms with Crippen molar-refractivity contribution < 1.29 is 29.0 Å². The molecule has 0 saturated heterocycles. The van der Waals surface area contributed by atoms with Crippen LogP contribution in [0.5, 0.6) is 0 Å². The van der Waals surface area contributed by atoms with E-state index in [9.17, 15) is 14.4 Å². The van der Waals surface area contributed by atoms with Crippen LogP contribution in [0.4, 0.5) is 4.79 Å². The Balaban J connectivity index is 0. The summed E-state index contributed by atoms with van der Waals surface area (Å²) in [5.74, 6) is -2.04. The van der Waals surface area contributed by atoms with Crippen LogP contribution >= 0.6 is 0 Å². The van der Waals surface area contributed by atoms with Crippen molar-refractivity contribution in [2.45, 2.75) is 66.2 Å². The molecule has 0 aromatic carbocycles. The molecular weight excluding hydrogens is 266 g/mol. The van der Waals surface area contributed by atoms with Gasteiger partial charge in [-0.05, 0) is 20.3 Å². The summed E-state index contributed by atoms with van der Waals surface area (Å²) < 4.78 is 9.50. The first kappa shape index (κ1) is 20.5. The number of carboxylic acid groups (broad SMARTS) is 1. The lowest BCUT2D eigenvalue weighted by atomic mass is 10.1. The highest BCUT2D eigenvalue weighted by Crippen LogP contribution is 2.06. The Bertz CT molecular complexity index is 316. The molecule has 0 aliphatic heterocycles. The van der Waals surface area contributed by atoms with Crippen molar-refractivity contribution in [3.05, 3.63) is 0 Å². The molecular formula is C13H25NO6. The van der Waals surface area contributed by atoms with Crippen LogP contribution in [0.3, 0.4) is 0 Å². The molecule has 0 aromatic heterocycles. The van der Waals surface area contributed by atoms with Gasteiger partial charge in [-0.1, -0.05) is 20.8 Å². The Morgan fingerprint density at radius 1 is 1.15 bits per heavy atom. The maximum absolute atomic E-state index is 11.4. The Morgan fingerprint density at radius 2 is 1.65 bits per heavy atom. The van der Waals surface area contributed by atoms with Crippen LogP contribution in [0.25, 0.3) is 0 Å². The molecule has 0 saturated carbocycles.